The molecule has 1 saturated carbocycles. The number of aromatic nitrogens is 1. The highest BCUT2D eigenvalue weighted by molar-refractivity contribution is 6.89. The van der Waals surface area contributed by atoms with Gasteiger partial charge in [0.15, 0.2) is 6.29 Å². The van der Waals surface area contributed by atoms with E-state index in [4.69, 9.17) is 0 Å². The number of rotatable bonds is 5. The predicted octanol–water partition coefficient (Wildman–Crippen LogP) is 3.14. The Morgan fingerprint density at radius 1 is 1.15 bits per heavy atom. The summed E-state index contributed by atoms with van der Waals surface area (Å²) < 4.78 is 0. The third-order valence-electron chi connectivity index (χ3n) is 5.84. The molecule has 0 unspecified atom stereocenters. The number of hydrogen-bond acceptors (Lipinski definition) is 4. The summed E-state index contributed by atoms with van der Waals surface area (Å²) in [6.07, 6.45) is 3.75. The average Bonchev–Trinajstić information content (AvgIpc) is 3.30. The van der Waals surface area contributed by atoms with Gasteiger partial charge in [0.2, 0.25) is 0 Å². The summed E-state index contributed by atoms with van der Waals surface area (Å²) in [7, 11) is -1.33. The molecule has 1 fully saturated rings. The molecule has 0 radical (unpaired) electrons. The zero-order valence-electron chi connectivity index (χ0n) is 15.7. The number of fused-ring (bicyclic) bond motifs is 1. The number of hydrogen-bond donors (Lipinski definition) is 3. The Bertz CT molecular complexity index is 799. The van der Waals surface area contributed by atoms with Crippen LogP contribution in [0.2, 0.25) is 19.6 Å². The summed E-state index contributed by atoms with van der Waals surface area (Å²) in [5.41, 5.74) is 4.08. The predicted molar refractivity (Wildman–Crippen MR) is 107 cm³/mol. The van der Waals surface area contributed by atoms with Gasteiger partial charge in [-0.2, -0.15) is 0 Å². The fraction of sp³-hybridized carbons (Fsp3) is 0.476. The van der Waals surface area contributed by atoms with Gasteiger partial charge >= 0.3 is 0 Å². The van der Waals surface area contributed by atoms with Crippen LogP contribution in [0, 0.1) is 5.92 Å². The Morgan fingerprint density at radius 2 is 1.96 bits per heavy atom. The van der Waals surface area contributed by atoms with Gasteiger partial charge in [-0.25, -0.2) is 4.98 Å². The molecule has 3 atom stereocenters. The smallest absolute Gasteiger partial charge is 0.154 e. The molecule has 4 rings (SSSR count). The summed E-state index contributed by atoms with van der Waals surface area (Å²) in [5, 5.41) is 23.7. The SMILES string of the molecule is C[Si](C)(C)c1cccc2c1CC[C@H]2Nc1ccc([C@H]2C[C@@H]2C(O)O)cn1. The van der Waals surface area contributed by atoms with E-state index in [9.17, 15) is 10.2 Å². The summed E-state index contributed by atoms with van der Waals surface area (Å²) >= 11 is 0. The number of nitrogens with zero attached hydrogens (tertiary/aromatic N) is 1. The molecule has 5 heteroatoms. The standard InChI is InChI=1S/C21H28N2O2Si/c1-26(2,3)19-6-4-5-14-15(19)8-9-18(14)23-20-10-7-13(12-22-20)16-11-17(16)21(24)25/h4-7,10,12,16-18,21,24-25H,8-9,11H2,1-3H3,(H,22,23)/t16-,17+,18-/m1/s1. The number of pyridine rings is 1. The van der Waals surface area contributed by atoms with Crippen LogP contribution in [0.5, 0.6) is 0 Å². The van der Waals surface area contributed by atoms with Crippen molar-refractivity contribution in [2.75, 3.05) is 5.32 Å². The van der Waals surface area contributed by atoms with Crippen molar-refractivity contribution >= 4 is 19.1 Å². The molecule has 1 heterocycles. The highest BCUT2D eigenvalue weighted by Gasteiger charge is 2.43. The zero-order chi connectivity index (χ0) is 18.5. The maximum Gasteiger partial charge on any atom is 0.154 e. The number of nitrogens with one attached hydrogen (secondary N) is 1. The topological polar surface area (TPSA) is 65.4 Å². The van der Waals surface area contributed by atoms with Crippen LogP contribution in [0.1, 0.15) is 41.5 Å². The molecular weight excluding hydrogens is 340 g/mol. The van der Waals surface area contributed by atoms with E-state index in [1.807, 2.05) is 12.3 Å². The first-order valence-corrected chi connectivity index (χ1v) is 13.1. The molecule has 0 saturated heterocycles. The third-order valence-corrected chi connectivity index (χ3v) is 7.92. The van der Waals surface area contributed by atoms with Gasteiger partial charge in [-0.05, 0) is 47.9 Å². The fourth-order valence-corrected chi connectivity index (χ4v) is 6.09. The molecule has 1 aromatic heterocycles. The Morgan fingerprint density at radius 3 is 2.58 bits per heavy atom. The number of aliphatic hydroxyl groups excluding tert-OH is 1. The second kappa shape index (κ2) is 6.48. The van der Waals surface area contributed by atoms with Gasteiger partial charge in [-0.3, -0.25) is 0 Å². The highest BCUT2D eigenvalue weighted by atomic mass is 28.3. The van der Waals surface area contributed by atoms with Gasteiger partial charge in [-0.1, -0.05) is 49.1 Å². The van der Waals surface area contributed by atoms with Gasteiger partial charge in [0, 0.05) is 12.1 Å². The Balaban J connectivity index is 1.49. The van der Waals surface area contributed by atoms with E-state index in [1.54, 1.807) is 10.8 Å². The summed E-state index contributed by atoms with van der Waals surface area (Å²) in [6.45, 7) is 7.24. The lowest BCUT2D eigenvalue weighted by molar-refractivity contribution is -0.0577. The van der Waals surface area contributed by atoms with Crippen LogP contribution in [-0.2, 0) is 6.42 Å². The summed E-state index contributed by atoms with van der Waals surface area (Å²) in [5.74, 6) is 1.10. The molecule has 2 aliphatic rings. The lowest BCUT2D eigenvalue weighted by Gasteiger charge is -2.21. The first-order chi connectivity index (χ1) is 12.3. The molecule has 0 spiro atoms. The highest BCUT2D eigenvalue weighted by Crippen LogP contribution is 2.48. The van der Waals surface area contributed by atoms with Crippen molar-refractivity contribution in [1.29, 1.82) is 0 Å². The Labute approximate surface area is 156 Å². The van der Waals surface area contributed by atoms with E-state index in [2.05, 4.69) is 54.2 Å². The largest absolute Gasteiger partial charge is 0.368 e. The third kappa shape index (κ3) is 3.31. The molecule has 26 heavy (non-hydrogen) atoms. The van der Waals surface area contributed by atoms with Crippen molar-refractivity contribution in [2.24, 2.45) is 5.92 Å². The van der Waals surface area contributed by atoms with Gasteiger partial charge < -0.3 is 15.5 Å². The first kappa shape index (κ1) is 17.7. The molecule has 1 aromatic carbocycles. The Hall–Kier alpha value is -1.69. The first-order valence-electron chi connectivity index (χ1n) is 9.55. The van der Waals surface area contributed by atoms with Gasteiger partial charge in [0.25, 0.3) is 0 Å². The van der Waals surface area contributed by atoms with Crippen LogP contribution in [0.25, 0.3) is 0 Å². The van der Waals surface area contributed by atoms with E-state index in [1.165, 1.54) is 5.56 Å². The lowest BCUT2D eigenvalue weighted by Crippen LogP contribution is -2.40. The van der Waals surface area contributed by atoms with E-state index in [-0.39, 0.29) is 11.8 Å². The van der Waals surface area contributed by atoms with Crippen LogP contribution in [-0.4, -0.2) is 29.6 Å². The second-order valence-electron chi connectivity index (χ2n) is 8.76. The number of aliphatic hydroxyl groups is 2. The van der Waals surface area contributed by atoms with E-state index < -0.39 is 14.4 Å². The van der Waals surface area contributed by atoms with E-state index in [0.717, 1.165) is 30.6 Å². The molecule has 3 N–H and O–H groups in total. The maximum absolute atomic E-state index is 9.27. The van der Waals surface area contributed by atoms with Crippen molar-refractivity contribution in [2.45, 2.75) is 57.2 Å². The molecule has 0 amide bonds. The molecule has 0 bridgehead atoms. The minimum absolute atomic E-state index is 0.0303. The molecule has 2 aromatic rings. The number of benzene rings is 1. The van der Waals surface area contributed by atoms with Crippen molar-refractivity contribution in [3.8, 4) is 0 Å². The van der Waals surface area contributed by atoms with Gasteiger partial charge in [0.1, 0.15) is 5.82 Å². The van der Waals surface area contributed by atoms with Crippen molar-refractivity contribution < 1.29 is 10.2 Å². The molecule has 4 nitrogen and oxygen atoms in total. The minimum atomic E-state index is -1.33. The van der Waals surface area contributed by atoms with Crippen LogP contribution < -0.4 is 10.5 Å². The summed E-state index contributed by atoms with van der Waals surface area (Å²) in [6, 6.07) is 11.2. The molecule has 138 valence electrons. The Kier molecular flexibility index (Phi) is 4.41. The van der Waals surface area contributed by atoms with Crippen LogP contribution in [0.3, 0.4) is 0 Å². The average molecular weight is 369 g/mol. The quantitative estimate of drug-likeness (QED) is 0.560. The fourth-order valence-electron chi connectivity index (χ4n) is 4.32. The van der Waals surface area contributed by atoms with Crippen molar-refractivity contribution in [3.05, 3.63) is 53.2 Å². The minimum Gasteiger partial charge on any atom is -0.368 e. The van der Waals surface area contributed by atoms with E-state index in [0.29, 0.717) is 6.04 Å². The maximum atomic E-state index is 9.27. The monoisotopic (exact) mass is 368 g/mol. The van der Waals surface area contributed by atoms with Crippen molar-refractivity contribution in [1.82, 2.24) is 4.98 Å². The number of anilines is 1. The normalized spacial score (nSPS) is 24.6. The molecule has 0 aliphatic heterocycles. The zero-order valence-corrected chi connectivity index (χ0v) is 16.7. The summed E-state index contributed by atoms with van der Waals surface area (Å²) in [4.78, 5) is 4.58. The van der Waals surface area contributed by atoms with E-state index >= 15 is 0 Å². The lowest BCUT2D eigenvalue weighted by atomic mass is 10.1. The molecular formula is C21H28N2O2Si. The molecule has 2 aliphatic carbocycles. The van der Waals surface area contributed by atoms with Crippen LogP contribution >= 0.6 is 0 Å². The van der Waals surface area contributed by atoms with Crippen LogP contribution in [0.15, 0.2) is 36.5 Å². The second-order valence-corrected chi connectivity index (χ2v) is 13.8. The van der Waals surface area contributed by atoms with Crippen LogP contribution in [0.4, 0.5) is 5.82 Å². The van der Waals surface area contributed by atoms with Crippen molar-refractivity contribution in [3.63, 3.8) is 0 Å². The van der Waals surface area contributed by atoms with Gasteiger partial charge in [0.05, 0.1) is 14.1 Å². The van der Waals surface area contributed by atoms with Gasteiger partial charge in [-0.15, -0.1) is 0 Å².